The fraction of sp³-hybridized carbons (Fsp3) is 0.118. The Morgan fingerprint density at radius 3 is 2.65 bits per heavy atom. The normalized spacial score (nSPS) is 9.78. The highest BCUT2D eigenvalue weighted by Gasteiger charge is 2.12. The van der Waals surface area contributed by atoms with Crippen LogP contribution >= 0.6 is 0 Å². The number of hydrogen-bond acceptors (Lipinski definition) is 4. The van der Waals surface area contributed by atoms with Crippen molar-refractivity contribution in [1.29, 1.82) is 5.26 Å². The number of rotatable bonds is 2. The Labute approximate surface area is 133 Å². The van der Waals surface area contributed by atoms with E-state index in [0.29, 0.717) is 16.8 Å². The van der Waals surface area contributed by atoms with Gasteiger partial charge < -0.3 is 11.5 Å². The molecule has 6 heteroatoms. The van der Waals surface area contributed by atoms with Gasteiger partial charge in [-0.15, -0.1) is 0 Å². The number of benzene rings is 1. The number of anilines is 1. The zero-order chi connectivity index (χ0) is 17.0. The SMILES string of the molecule is CC.N#Cc1cccc(-c2cc3c(N)c(C(N)=O)cnn3c2)c1. The first-order valence-electron chi connectivity index (χ1n) is 7.17. The van der Waals surface area contributed by atoms with Crippen LogP contribution in [0.25, 0.3) is 16.6 Å². The summed E-state index contributed by atoms with van der Waals surface area (Å²) in [6.07, 6.45) is 3.13. The standard InChI is InChI=1S/C15H11N5O.C2H6/c16-6-9-2-1-3-10(4-9)11-5-13-14(17)12(15(18)21)7-19-20(13)8-11;1-2/h1-5,7-8H,17H2,(H2,18,21);1-2H3. The summed E-state index contributed by atoms with van der Waals surface area (Å²) in [6.45, 7) is 4.00. The number of fused-ring (bicyclic) bond motifs is 1. The van der Waals surface area contributed by atoms with Gasteiger partial charge in [0.15, 0.2) is 0 Å². The Balaban J connectivity index is 0.000000924. The van der Waals surface area contributed by atoms with Crippen LogP contribution in [0.3, 0.4) is 0 Å². The number of nitrogens with zero attached hydrogens (tertiary/aromatic N) is 3. The molecule has 1 aromatic carbocycles. The summed E-state index contributed by atoms with van der Waals surface area (Å²) < 4.78 is 1.58. The molecule has 3 aromatic rings. The fourth-order valence-corrected chi connectivity index (χ4v) is 2.20. The molecule has 0 aliphatic rings. The number of primary amides is 1. The third kappa shape index (κ3) is 2.99. The molecular weight excluding hydrogens is 290 g/mol. The summed E-state index contributed by atoms with van der Waals surface area (Å²) in [6, 6.07) is 11.1. The van der Waals surface area contributed by atoms with Gasteiger partial charge in [0.2, 0.25) is 0 Å². The molecule has 0 fully saturated rings. The molecule has 0 spiro atoms. The Bertz CT molecular complexity index is 905. The van der Waals surface area contributed by atoms with Crippen molar-refractivity contribution in [2.75, 3.05) is 5.73 Å². The number of amides is 1. The van der Waals surface area contributed by atoms with Crippen LogP contribution in [0.15, 0.2) is 42.7 Å². The molecule has 3 rings (SSSR count). The predicted molar refractivity (Wildman–Crippen MR) is 89.6 cm³/mol. The first-order chi connectivity index (χ1) is 11.1. The fourth-order valence-electron chi connectivity index (χ4n) is 2.20. The van der Waals surface area contributed by atoms with Crippen LogP contribution < -0.4 is 11.5 Å². The van der Waals surface area contributed by atoms with E-state index in [-0.39, 0.29) is 5.56 Å². The van der Waals surface area contributed by atoms with Crippen molar-refractivity contribution in [1.82, 2.24) is 9.61 Å². The molecule has 0 bridgehead atoms. The van der Waals surface area contributed by atoms with Crippen LogP contribution in [-0.4, -0.2) is 15.5 Å². The Morgan fingerprint density at radius 1 is 1.26 bits per heavy atom. The summed E-state index contributed by atoms with van der Waals surface area (Å²) in [5.74, 6) is -0.614. The average molecular weight is 307 g/mol. The summed E-state index contributed by atoms with van der Waals surface area (Å²) in [5, 5.41) is 13.1. The van der Waals surface area contributed by atoms with Gasteiger partial charge >= 0.3 is 0 Å². The molecule has 2 heterocycles. The molecule has 1 amide bonds. The van der Waals surface area contributed by atoms with E-state index in [2.05, 4.69) is 11.2 Å². The molecule has 116 valence electrons. The van der Waals surface area contributed by atoms with E-state index in [0.717, 1.165) is 11.1 Å². The van der Waals surface area contributed by atoms with Gasteiger partial charge in [0, 0.05) is 11.8 Å². The molecule has 0 aliphatic carbocycles. The third-order valence-electron chi connectivity index (χ3n) is 3.27. The first kappa shape index (κ1) is 16.0. The van der Waals surface area contributed by atoms with Gasteiger partial charge in [-0.2, -0.15) is 10.4 Å². The molecular formula is C17H17N5O. The van der Waals surface area contributed by atoms with Crippen molar-refractivity contribution in [3.63, 3.8) is 0 Å². The lowest BCUT2D eigenvalue weighted by Gasteiger charge is -2.02. The molecule has 0 unspecified atom stereocenters. The van der Waals surface area contributed by atoms with Gasteiger partial charge in [-0.25, -0.2) is 4.52 Å². The number of carbonyl (C=O) groups excluding carboxylic acids is 1. The molecule has 2 aromatic heterocycles. The Morgan fingerprint density at radius 2 is 2.00 bits per heavy atom. The van der Waals surface area contributed by atoms with Crippen molar-refractivity contribution in [3.8, 4) is 17.2 Å². The lowest BCUT2D eigenvalue weighted by atomic mass is 10.1. The van der Waals surface area contributed by atoms with Crippen LogP contribution in [0.5, 0.6) is 0 Å². The maximum Gasteiger partial charge on any atom is 0.252 e. The monoisotopic (exact) mass is 307 g/mol. The minimum atomic E-state index is -0.614. The van der Waals surface area contributed by atoms with Crippen molar-refractivity contribution in [3.05, 3.63) is 53.9 Å². The predicted octanol–water partition coefficient (Wildman–Crippen LogP) is 2.58. The molecule has 23 heavy (non-hydrogen) atoms. The van der Waals surface area contributed by atoms with Crippen LogP contribution in [0.4, 0.5) is 5.69 Å². The zero-order valence-electron chi connectivity index (χ0n) is 12.9. The molecule has 0 saturated carbocycles. The van der Waals surface area contributed by atoms with Gasteiger partial charge in [0.25, 0.3) is 5.91 Å². The first-order valence-corrected chi connectivity index (χ1v) is 7.17. The second-order valence-electron chi connectivity index (χ2n) is 4.59. The second-order valence-corrected chi connectivity index (χ2v) is 4.59. The Hall–Kier alpha value is -3.33. The van der Waals surface area contributed by atoms with Gasteiger partial charge in [0.05, 0.1) is 34.6 Å². The smallest absolute Gasteiger partial charge is 0.252 e. The van der Waals surface area contributed by atoms with E-state index < -0.39 is 5.91 Å². The topological polar surface area (TPSA) is 110 Å². The number of aromatic nitrogens is 2. The van der Waals surface area contributed by atoms with E-state index in [1.807, 2.05) is 32.0 Å². The molecule has 0 aliphatic heterocycles. The summed E-state index contributed by atoms with van der Waals surface area (Å²) in [7, 11) is 0. The number of nitrogens with two attached hydrogens (primary N) is 2. The van der Waals surface area contributed by atoms with Crippen molar-refractivity contribution < 1.29 is 4.79 Å². The summed E-state index contributed by atoms with van der Waals surface area (Å²) in [4.78, 5) is 11.3. The van der Waals surface area contributed by atoms with Gasteiger partial charge in [0.1, 0.15) is 0 Å². The van der Waals surface area contributed by atoms with Crippen molar-refractivity contribution in [2.45, 2.75) is 13.8 Å². The van der Waals surface area contributed by atoms with Gasteiger partial charge in [-0.1, -0.05) is 26.0 Å². The van der Waals surface area contributed by atoms with Crippen molar-refractivity contribution >= 4 is 17.1 Å². The zero-order valence-corrected chi connectivity index (χ0v) is 12.9. The lowest BCUT2D eigenvalue weighted by molar-refractivity contribution is 0.100. The minimum absolute atomic E-state index is 0.193. The minimum Gasteiger partial charge on any atom is -0.396 e. The summed E-state index contributed by atoms with van der Waals surface area (Å²) in [5.41, 5.74) is 14.6. The summed E-state index contributed by atoms with van der Waals surface area (Å²) >= 11 is 0. The maximum atomic E-state index is 11.3. The second kappa shape index (κ2) is 6.62. The van der Waals surface area contributed by atoms with E-state index >= 15 is 0 Å². The van der Waals surface area contributed by atoms with E-state index in [1.165, 1.54) is 6.20 Å². The maximum absolute atomic E-state index is 11.3. The van der Waals surface area contributed by atoms with E-state index in [4.69, 9.17) is 16.7 Å². The van der Waals surface area contributed by atoms with Gasteiger partial charge in [-0.3, -0.25) is 4.79 Å². The van der Waals surface area contributed by atoms with Crippen LogP contribution in [0, 0.1) is 11.3 Å². The molecule has 0 saturated heterocycles. The highest BCUT2D eigenvalue weighted by molar-refractivity contribution is 6.01. The molecule has 0 atom stereocenters. The number of nitrogen functional groups attached to an aromatic ring is 1. The highest BCUT2D eigenvalue weighted by Crippen LogP contribution is 2.26. The number of hydrogen-bond donors (Lipinski definition) is 2. The molecule has 6 nitrogen and oxygen atoms in total. The quantitative estimate of drug-likeness (QED) is 0.758. The third-order valence-corrected chi connectivity index (χ3v) is 3.27. The number of nitriles is 1. The van der Waals surface area contributed by atoms with Crippen LogP contribution in [-0.2, 0) is 0 Å². The average Bonchev–Trinajstić information content (AvgIpc) is 3.02. The highest BCUT2D eigenvalue weighted by atomic mass is 16.1. The Kier molecular flexibility index (Phi) is 4.62. The van der Waals surface area contributed by atoms with E-state index in [9.17, 15) is 4.79 Å². The van der Waals surface area contributed by atoms with Crippen molar-refractivity contribution in [2.24, 2.45) is 5.73 Å². The molecule has 4 N–H and O–H groups in total. The number of carbonyl (C=O) groups is 1. The van der Waals surface area contributed by atoms with Crippen LogP contribution in [0.2, 0.25) is 0 Å². The van der Waals surface area contributed by atoms with Crippen LogP contribution in [0.1, 0.15) is 29.8 Å². The largest absolute Gasteiger partial charge is 0.396 e. The lowest BCUT2D eigenvalue weighted by Crippen LogP contribution is -2.15. The molecule has 0 radical (unpaired) electrons. The van der Waals surface area contributed by atoms with E-state index in [1.54, 1.807) is 22.8 Å². The van der Waals surface area contributed by atoms with Gasteiger partial charge in [-0.05, 0) is 23.8 Å².